The molecule has 0 radical (unpaired) electrons. The fourth-order valence-electron chi connectivity index (χ4n) is 2.95. The standard InChI is InChI=1S/C17H25FN2O3/c1-5-13-10-14(21)20(11-13)12-17(18)6-8-19(9-7-17)15(22)23-16(2,3)4/h1,13H,6-12H2,2-4H3. The van der Waals surface area contributed by atoms with E-state index in [0.717, 1.165) is 0 Å². The summed E-state index contributed by atoms with van der Waals surface area (Å²) in [6.45, 7) is 6.49. The van der Waals surface area contributed by atoms with E-state index in [4.69, 9.17) is 11.2 Å². The van der Waals surface area contributed by atoms with E-state index in [1.165, 1.54) is 9.80 Å². The summed E-state index contributed by atoms with van der Waals surface area (Å²) in [5, 5.41) is 0. The number of likely N-dealkylation sites (tertiary alicyclic amines) is 2. The van der Waals surface area contributed by atoms with Gasteiger partial charge in [-0.15, -0.1) is 12.3 Å². The molecule has 0 N–H and O–H groups in total. The highest BCUT2D eigenvalue weighted by Gasteiger charge is 2.41. The summed E-state index contributed by atoms with van der Waals surface area (Å²) >= 11 is 0. The summed E-state index contributed by atoms with van der Waals surface area (Å²) in [6, 6.07) is 0. The molecule has 2 aliphatic heterocycles. The molecule has 2 fully saturated rings. The van der Waals surface area contributed by atoms with Crippen molar-refractivity contribution in [3.63, 3.8) is 0 Å². The molecule has 0 spiro atoms. The lowest BCUT2D eigenvalue weighted by Crippen LogP contribution is -2.50. The van der Waals surface area contributed by atoms with E-state index in [-0.39, 0.29) is 31.2 Å². The number of ether oxygens (including phenoxy) is 1. The molecule has 0 saturated carbocycles. The second-order valence-electron chi connectivity index (χ2n) is 7.46. The molecule has 0 aromatic rings. The second kappa shape index (κ2) is 6.38. The minimum Gasteiger partial charge on any atom is -0.444 e. The molecule has 0 aromatic heterocycles. The Hall–Kier alpha value is -1.77. The van der Waals surface area contributed by atoms with Gasteiger partial charge in [0, 0.05) is 44.8 Å². The minimum atomic E-state index is -1.46. The average molecular weight is 324 g/mol. The number of hydrogen-bond acceptors (Lipinski definition) is 3. The van der Waals surface area contributed by atoms with Crippen molar-refractivity contribution >= 4 is 12.0 Å². The first-order valence-corrected chi connectivity index (χ1v) is 8.03. The molecule has 5 nitrogen and oxygen atoms in total. The molecule has 2 rings (SSSR count). The minimum absolute atomic E-state index is 0.0617. The zero-order valence-electron chi connectivity index (χ0n) is 14.1. The van der Waals surface area contributed by atoms with Crippen LogP contribution >= 0.6 is 0 Å². The Morgan fingerprint density at radius 3 is 2.52 bits per heavy atom. The van der Waals surface area contributed by atoms with Crippen LogP contribution in [0.5, 0.6) is 0 Å². The lowest BCUT2D eigenvalue weighted by Gasteiger charge is -2.38. The van der Waals surface area contributed by atoms with E-state index < -0.39 is 17.4 Å². The Bertz CT molecular complexity index is 513. The number of carbonyl (C=O) groups excluding carboxylic acids is 2. The Labute approximate surface area is 137 Å². The van der Waals surface area contributed by atoms with Crippen LogP contribution in [0.3, 0.4) is 0 Å². The lowest BCUT2D eigenvalue weighted by atomic mass is 9.93. The third-order valence-corrected chi connectivity index (χ3v) is 4.24. The van der Waals surface area contributed by atoms with Crippen LogP contribution < -0.4 is 0 Å². The third-order valence-electron chi connectivity index (χ3n) is 4.24. The van der Waals surface area contributed by atoms with Crippen LogP contribution in [0.1, 0.15) is 40.0 Å². The van der Waals surface area contributed by atoms with Gasteiger partial charge in [0.2, 0.25) is 5.91 Å². The first kappa shape index (κ1) is 17.6. The summed E-state index contributed by atoms with van der Waals surface area (Å²) in [6.07, 6.45) is 5.65. The highest BCUT2D eigenvalue weighted by molar-refractivity contribution is 5.79. The van der Waals surface area contributed by atoms with E-state index in [9.17, 15) is 14.0 Å². The number of nitrogens with zero attached hydrogens (tertiary/aromatic N) is 2. The lowest BCUT2D eigenvalue weighted by molar-refractivity contribution is -0.130. The number of hydrogen-bond donors (Lipinski definition) is 0. The normalized spacial score (nSPS) is 24.5. The molecule has 0 aliphatic carbocycles. The van der Waals surface area contributed by atoms with Gasteiger partial charge in [0.1, 0.15) is 11.3 Å². The maximum Gasteiger partial charge on any atom is 0.410 e. The molecule has 0 bridgehead atoms. The maximum absolute atomic E-state index is 15.0. The monoisotopic (exact) mass is 324 g/mol. The van der Waals surface area contributed by atoms with Crippen LogP contribution in [0.25, 0.3) is 0 Å². The number of halogens is 1. The van der Waals surface area contributed by atoms with Crippen molar-refractivity contribution in [1.29, 1.82) is 0 Å². The summed E-state index contributed by atoms with van der Waals surface area (Å²) in [5.74, 6) is 2.36. The van der Waals surface area contributed by atoms with Gasteiger partial charge in [-0.25, -0.2) is 9.18 Å². The summed E-state index contributed by atoms with van der Waals surface area (Å²) in [5.41, 5.74) is -2.02. The van der Waals surface area contributed by atoms with Gasteiger partial charge >= 0.3 is 6.09 Å². The van der Waals surface area contributed by atoms with E-state index in [2.05, 4.69) is 5.92 Å². The number of piperidine rings is 1. The van der Waals surface area contributed by atoms with Crippen molar-refractivity contribution in [1.82, 2.24) is 9.80 Å². The highest BCUT2D eigenvalue weighted by Crippen LogP contribution is 2.30. The van der Waals surface area contributed by atoms with E-state index in [1.807, 2.05) is 0 Å². The van der Waals surface area contributed by atoms with E-state index in [1.54, 1.807) is 20.8 Å². The number of alkyl halides is 1. The third kappa shape index (κ3) is 4.60. The predicted molar refractivity (Wildman–Crippen MR) is 84.4 cm³/mol. The number of amides is 2. The molecule has 2 aliphatic rings. The van der Waals surface area contributed by atoms with Gasteiger partial charge in [-0.1, -0.05) is 0 Å². The topological polar surface area (TPSA) is 49.9 Å². The van der Waals surface area contributed by atoms with Gasteiger partial charge < -0.3 is 14.5 Å². The van der Waals surface area contributed by atoms with Crippen LogP contribution in [0.15, 0.2) is 0 Å². The molecule has 23 heavy (non-hydrogen) atoms. The zero-order chi connectivity index (χ0) is 17.3. The van der Waals surface area contributed by atoms with Crippen LogP contribution in [-0.4, -0.2) is 59.2 Å². The second-order valence-corrected chi connectivity index (χ2v) is 7.46. The summed E-state index contributed by atoms with van der Waals surface area (Å²) < 4.78 is 20.3. The average Bonchev–Trinajstić information content (AvgIpc) is 2.77. The molecule has 2 amide bonds. The van der Waals surface area contributed by atoms with Gasteiger partial charge in [-0.3, -0.25) is 4.79 Å². The van der Waals surface area contributed by atoms with Gasteiger partial charge in [0.25, 0.3) is 0 Å². The predicted octanol–water partition coefficient (Wildman–Crippen LogP) is 2.21. The fraction of sp³-hybridized carbons (Fsp3) is 0.765. The molecule has 0 aromatic carbocycles. The molecule has 1 unspecified atom stereocenters. The van der Waals surface area contributed by atoms with Crippen LogP contribution in [-0.2, 0) is 9.53 Å². The van der Waals surface area contributed by atoms with E-state index >= 15 is 0 Å². The SMILES string of the molecule is C#CC1CC(=O)N(CC2(F)CCN(C(=O)OC(C)(C)C)CC2)C1. The van der Waals surface area contributed by atoms with Gasteiger partial charge in [-0.2, -0.15) is 0 Å². The molecule has 128 valence electrons. The molecule has 1 atom stereocenters. The van der Waals surface area contributed by atoms with Crippen molar-refractivity contribution in [3.05, 3.63) is 0 Å². The number of rotatable bonds is 2. The zero-order valence-corrected chi connectivity index (χ0v) is 14.1. The van der Waals surface area contributed by atoms with Crippen molar-refractivity contribution in [2.24, 2.45) is 5.92 Å². The van der Waals surface area contributed by atoms with Gasteiger partial charge in [0.15, 0.2) is 0 Å². The summed E-state index contributed by atoms with van der Waals surface area (Å²) in [7, 11) is 0. The van der Waals surface area contributed by atoms with Crippen molar-refractivity contribution < 1.29 is 18.7 Å². The number of terminal acetylenes is 1. The Balaban J connectivity index is 1.87. The van der Waals surface area contributed by atoms with Crippen LogP contribution in [0, 0.1) is 18.3 Å². The first-order chi connectivity index (χ1) is 10.6. The molecule has 2 saturated heterocycles. The smallest absolute Gasteiger partial charge is 0.410 e. The molecule has 2 heterocycles. The maximum atomic E-state index is 15.0. The Kier molecular flexibility index (Phi) is 4.88. The van der Waals surface area contributed by atoms with Crippen molar-refractivity contribution in [3.8, 4) is 12.3 Å². The molecular weight excluding hydrogens is 299 g/mol. The first-order valence-electron chi connectivity index (χ1n) is 8.03. The molecule has 6 heteroatoms. The fourth-order valence-corrected chi connectivity index (χ4v) is 2.95. The number of carbonyl (C=O) groups is 2. The van der Waals surface area contributed by atoms with Crippen LogP contribution in [0.4, 0.5) is 9.18 Å². The van der Waals surface area contributed by atoms with Crippen molar-refractivity contribution in [2.75, 3.05) is 26.2 Å². The van der Waals surface area contributed by atoms with Crippen LogP contribution in [0.2, 0.25) is 0 Å². The quantitative estimate of drug-likeness (QED) is 0.732. The van der Waals surface area contributed by atoms with Crippen molar-refractivity contribution in [2.45, 2.75) is 51.3 Å². The van der Waals surface area contributed by atoms with E-state index in [0.29, 0.717) is 26.1 Å². The molecular formula is C17H25FN2O3. The summed E-state index contributed by atoms with van der Waals surface area (Å²) in [4.78, 5) is 26.9. The largest absolute Gasteiger partial charge is 0.444 e. The Morgan fingerprint density at radius 2 is 2.04 bits per heavy atom. The van der Waals surface area contributed by atoms with Gasteiger partial charge in [-0.05, 0) is 20.8 Å². The Morgan fingerprint density at radius 1 is 1.43 bits per heavy atom. The van der Waals surface area contributed by atoms with Gasteiger partial charge in [0.05, 0.1) is 6.54 Å². The highest BCUT2D eigenvalue weighted by atomic mass is 19.1.